The number of nitrogens with zero attached hydrogens (tertiary/aromatic N) is 2. The number of hydrogen-bond donors (Lipinski definition) is 1. The molecule has 1 aromatic heterocycles. The van der Waals surface area contributed by atoms with Crippen molar-refractivity contribution in [2.24, 2.45) is 0 Å². The van der Waals surface area contributed by atoms with E-state index in [0.29, 0.717) is 23.6 Å². The molecule has 6 nitrogen and oxygen atoms in total. The van der Waals surface area contributed by atoms with Crippen LogP contribution in [-0.2, 0) is 14.8 Å². The van der Waals surface area contributed by atoms with E-state index in [-0.39, 0.29) is 11.4 Å². The van der Waals surface area contributed by atoms with Crippen molar-refractivity contribution in [2.45, 2.75) is 23.8 Å². The zero-order valence-electron chi connectivity index (χ0n) is 11.1. The van der Waals surface area contributed by atoms with E-state index < -0.39 is 22.0 Å². The standard InChI is InChI=1S/C14H14N2O4S/c17-14(18)12-4-2-8-16(12)21(19,20)13-5-1-3-10-9-15-7-6-11(10)13/h1,3,5-7,9,12H,2,4,8H2,(H,17,18)/t12-/m0/s1. The van der Waals surface area contributed by atoms with Crippen molar-refractivity contribution in [3.63, 3.8) is 0 Å². The topological polar surface area (TPSA) is 87.6 Å². The van der Waals surface area contributed by atoms with Crippen LogP contribution in [0.1, 0.15) is 12.8 Å². The number of aromatic nitrogens is 1. The lowest BCUT2D eigenvalue weighted by Crippen LogP contribution is -2.40. The van der Waals surface area contributed by atoms with Gasteiger partial charge in [0.05, 0.1) is 4.90 Å². The van der Waals surface area contributed by atoms with Gasteiger partial charge in [0.1, 0.15) is 6.04 Å². The Morgan fingerprint density at radius 1 is 1.33 bits per heavy atom. The summed E-state index contributed by atoms with van der Waals surface area (Å²) in [5.74, 6) is -1.10. The quantitative estimate of drug-likeness (QED) is 0.928. The number of sulfonamides is 1. The minimum Gasteiger partial charge on any atom is -0.480 e. The molecule has 3 rings (SSSR count). The van der Waals surface area contributed by atoms with E-state index in [2.05, 4.69) is 4.98 Å². The number of pyridine rings is 1. The molecule has 21 heavy (non-hydrogen) atoms. The second-order valence-corrected chi connectivity index (χ2v) is 6.82. The van der Waals surface area contributed by atoms with E-state index in [9.17, 15) is 18.3 Å². The third-order valence-corrected chi connectivity index (χ3v) is 5.68. The van der Waals surface area contributed by atoms with Crippen molar-refractivity contribution in [1.29, 1.82) is 0 Å². The number of rotatable bonds is 3. The normalized spacial score (nSPS) is 19.9. The van der Waals surface area contributed by atoms with Crippen LogP contribution in [0.2, 0.25) is 0 Å². The molecule has 2 aromatic rings. The van der Waals surface area contributed by atoms with Gasteiger partial charge >= 0.3 is 5.97 Å². The highest BCUT2D eigenvalue weighted by Crippen LogP contribution is 2.30. The highest BCUT2D eigenvalue weighted by Gasteiger charge is 2.39. The molecule has 1 atom stereocenters. The molecule has 1 aliphatic heterocycles. The molecule has 1 saturated heterocycles. The molecular weight excluding hydrogens is 292 g/mol. The average molecular weight is 306 g/mol. The van der Waals surface area contributed by atoms with Crippen molar-refractivity contribution in [1.82, 2.24) is 9.29 Å². The summed E-state index contributed by atoms with van der Waals surface area (Å²) in [6.07, 6.45) is 4.02. The lowest BCUT2D eigenvalue weighted by Gasteiger charge is -2.21. The molecule has 110 valence electrons. The summed E-state index contributed by atoms with van der Waals surface area (Å²) in [6, 6.07) is 5.58. The summed E-state index contributed by atoms with van der Waals surface area (Å²) >= 11 is 0. The fourth-order valence-corrected chi connectivity index (χ4v) is 4.59. The van der Waals surface area contributed by atoms with Gasteiger partial charge in [0, 0.05) is 29.7 Å². The fourth-order valence-electron chi connectivity index (χ4n) is 2.72. The van der Waals surface area contributed by atoms with Gasteiger partial charge in [-0.05, 0) is 25.0 Å². The van der Waals surface area contributed by atoms with Crippen LogP contribution >= 0.6 is 0 Å². The van der Waals surface area contributed by atoms with Gasteiger partial charge in [-0.3, -0.25) is 9.78 Å². The molecule has 0 radical (unpaired) electrons. The molecule has 2 heterocycles. The van der Waals surface area contributed by atoms with Gasteiger partial charge in [0.15, 0.2) is 0 Å². The Bertz CT molecular complexity index is 798. The zero-order valence-corrected chi connectivity index (χ0v) is 12.0. The molecule has 0 saturated carbocycles. The molecule has 7 heteroatoms. The van der Waals surface area contributed by atoms with Crippen LogP contribution in [0.4, 0.5) is 0 Å². The second-order valence-electron chi connectivity index (χ2n) is 4.96. The monoisotopic (exact) mass is 306 g/mol. The predicted octanol–water partition coefficient (Wildman–Crippen LogP) is 1.47. The molecule has 0 bridgehead atoms. The Morgan fingerprint density at radius 2 is 2.14 bits per heavy atom. The Morgan fingerprint density at radius 3 is 2.90 bits per heavy atom. The maximum absolute atomic E-state index is 12.8. The van der Waals surface area contributed by atoms with E-state index in [1.807, 2.05) is 0 Å². The first kappa shape index (κ1) is 14.0. The molecular formula is C14H14N2O4S. The first-order valence-electron chi connectivity index (χ1n) is 6.59. The average Bonchev–Trinajstić information content (AvgIpc) is 2.97. The first-order valence-corrected chi connectivity index (χ1v) is 8.03. The number of hydrogen-bond acceptors (Lipinski definition) is 4. The summed E-state index contributed by atoms with van der Waals surface area (Å²) in [6.45, 7) is 0.237. The summed E-state index contributed by atoms with van der Waals surface area (Å²) in [5.41, 5.74) is 0. The number of fused-ring (bicyclic) bond motifs is 1. The van der Waals surface area contributed by atoms with Gasteiger partial charge in [-0.1, -0.05) is 12.1 Å². The molecule has 0 unspecified atom stereocenters. The summed E-state index contributed by atoms with van der Waals surface area (Å²) in [4.78, 5) is 15.3. The number of carboxylic acid groups (broad SMARTS) is 1. The van der Waals surface area contributed by atoms with Crippen LogP contribution in [0.5, 0.6) is 0 Å². The van der Waals surface area contributed by atoms with Crippen LogP contribution in [0, 0.1) is 0 Å². The van der Waals surface area contributed by atoms with Crippen molar-refractivity contribution < 1.29 is 18.3 Å². The lowest BCUT2D eigenvalue weighted by molar-refractivity contribution is -0.140. The van der Waals surface area contributed by atoms with E-state index in [4.69, 9.17) is 0 Å². The van der Waals surface area contributed by atoms with Gasteiger partial charge in [0.2, 0.25) is 10.0 Å². The highest BCUT2D eigenvalue weighted by atomic mass is 32.2. The Kier molecular flexibility index (Phi) is 3.38. The predicted molar refractivity (Wildman–Crippen MR) is 76.3 cm³/mol. The van der Waals surface area contributed by atoms with Crippen LogP contribution in [-0.4, -0.2) is 41.4 Å². The van der Waals surface area contributed by atoms with Gasteiger partial charge < -0.3 is 5.11 Å². The van der Waals surface area contributed by atoms with E-state index >= 15 is 0 Å². The Balaban J connectivity index is 2.15. The fraction of sp³-hybridized carbons (Fsp3) is 0.286. The van der Waals surface area contributed by atoms with E-state index in [1.165, 1.54) is 12.3 Å². The number of carbonyl (C=O) groups is 1. The third kappa shape index (κ3) is 2.28. The van der Waals surface area contributed by atoms with Crippen LogP contribution in [0.25, 0.3) is 10.8 Å². The molecule has 1 aromatic carbocycles. The maximum Gasteiger partial charge on any atom is 0.322 e. The third-order valence-electron chi connectivity index (χ3n) is 3.72. The van der Waals surface area contributed by atoms with Crippen molar-refractivity contribution in [2.75, 3.05) is 6.54 Å². The highest BCUT2D eigenvalue weighted by molar-refractivity contribution is 7.89. The smallest absolute Gasteiger partial charge is 0.322 e. The van der Waals surface area contributed by atoms with Crippen molar-refractivity contribution in [3.8, 4) is 0 Å². The van der Waals surface area contributed by atoms with Crippen LogP contribution in [0.3, 0.4) is 0 Å². The minimum absolute atomic E-state index is 0.135. The molecule has 1 fully saturated rings. The van der Waals surface area contributed by atoms with E-state index in [1.54, 1.807) is 24.4 Å². The maximum atomic E-state index is 12.8. The summed E-state index contributed by atoms with van der Waals surface area (Å²) in [7, 11) is -3.83. The van der Waals surface area contributed by atoms with Crippen molar-refractivity contribution >= 4 is 26.8 Å². The van der Waals surface area contributed by atoms with Crippen LogP contribution < -0.4 is 0 Å². The Labute approximate surface area is 122 Å². The number of carboxylic acids is 1. The van der Waals surface area contributed by atoms with Crippen molar-refractivity contribution in [3.05, 3.63) is 36.7 Å². The molecule has 0 amide bonds. The molecule has 1 N–H and O–H groups in total. The molecule has 0 aliphatic carbocycles. The van der Waals surface area contributed by atoms with Crippen LogP contribution in [0.15, 0.2) is 41.6 Å². The summed E-state index contributed by atoms with van der Waals surface area (Å²) in [5, 5.41) is 10.5. The number of benzene rings is 1. The molecule has 1 aliphatic rings. The second kappa shape index (κ2) is 5.09. The van der Waals surface area contributed by atoms with Gasteiger partial charge in [-0.2, -0.15) is 4.31 Å². The largest absolute Gasteiger partial charge is 0.480 e. The van der Waals surface area contributed by atoms with Gasteiger partial charge in [-0.25, -0.2) is 8.42 Å². The van der Waals surface area contributed by atoms with E-state index in [0.717, 1.165) is 4.31 Å². The zero-order chi connectivity index (χ0) is 15.0. The lowest BCUT2D eigenvalue weighted by atomic mass is 10.2. The first-order chi connectivity index (χ1) is 10.0. The van der Waals surface area contributed by atoms with Gasteiger partial charge in [0.25, 0.3) is 0 Å². The number of aliphatic carboxylic acids is 1. The minimum atomic E-state index is -3.83. The molecule has 0 spiro atoms. The van der Waals surface area contributed by atoms with Gasteiger partial charge in [-0.15, -0.1) is 0 Å². The summed E-state index contributed by atoms with van der Waals surface area (Å²) < 4.78 is 26.7. The SMILES string of the molecule is O=C(O)[C@@H]1CCCN1S(=O)(=O)c1cccc2cnccc12. The Hall–Kier alpha value is -1.99.